The molecule has 0 heterocycles. The van der Waals surface area contributed by atoms with Crippen LogP contribution in [0.15, 0.2) is 107 Å². The predicted molar refractivity (Wildman–Crippen MR) is 176 cm³/mol. The lowest BCUT2D eigenvalue weighted by Gasteiger charge is -2.21. The summed E-state index contributed by atoms with van der Waals surface area (Å²) < 4.78 is 52.3. The Balaban J connectivity index is 0.000000342. The Labute approximate surface area is 270 Å². The van der Waals surface area contributed by atoms with Crippen molar-refractivity contribution in [1.82, 2.24) is 0 Å². The second-order valence-electron chi connectivity index (χ2n) is 10.0. The van der Waals surface area contributed by atoms with Crippen molar-refractivity contribution in [3.63, 3.8) is 0 Å². The van der Waals surface area contributed by atoms with Gasteiger partial charge < -0.3 is 24.1 Å². The van der Waals surface area contributed by atoms with Crippen LogP contribution in [-0.2, 0) is 37.0 Å². The van der Waals surface area contributed by atoms with E-state index in [0.29, 0.717) is 13.2 Å². The maximum absolute atomic E-state index is 12.3. The topological polar surface area (TPSA) is 101 Å². The van der Waals surface area contributed by atoms with E-state index in [9.17, 15) is 8.42 Å². The van der Waals surface area contributed by atoms with Gasteiger partial charge >= 0.3 is 0 Å². The van der Waals surface area contributed by atoms with Gasteiger partial charge in [0.2, 0.25) is 0 Å². The molecule has 10 heteroatoms. The Bertz CT molecular complexity index is 1360. The van der Waals surface area contributed by atoms with Gasteiger partial charge in [-0.25, -0.2) is 0 Å². The van der Waals surface area contributed by atoms with Crippen LogP contribution in [0.25, 0.3) is 0 Å². The predicted octanol–water partition coefficient (Wildman–Crippen LogP) is 6.97. The van der Waals surface area contributed by atoms with Crippen molar-refractivity contribution in [2.24, 2.45) is 11.8 Å². The molecular formula is C34H43BrO8S. The number of benzene rings is 3. The molecule has 240 valence electrons. The molecule has 44 heavy (non-hydrogen) atoms. The lowest BCUT2D eigenvalue weighted by molar-refractivity contribution is 0.0197. The minimum Gasteiger partial charge on any atom is -0.497 e. The van der Waals surface area contributed by atoms with Crippen LogP contribution < -0.4 is 9.47 Å². The van der Waals surface area contributed by atoms with Crippen molar-refractivity contribution in [3.8, 4) is 11.5 Å². The summed E-state index contributed by atoms with van der Waals surface area (Å²) in [6.07, 6.45) is 2.92. The quantitative estimate of drug-likeness (QED) is 0.120. The van der Waals surface area contributed by atoms with Crippen LogP contribution in [0.2, 0.25) is 0 Å². The van der Waals surface area contributed by atoms with Gasteiger partial charge in [-0.1, -0.05) is 66.2 Å². The van der Waals surface area contributed by atoms with E-state index >= 15 is 0 Å². The number of ether oxygens (including phenoxy) is 4. The van der Waals surface area contributed by atoms with Crippen LogP contribution >= 0.6 is 15.9 Å². The maximum Gasteiger partial charge on any atom is 0.296 e. The van der Waals surface area contributed by atoms with Crippen LogP contribution in [0, 0.1) is 11.8 Å². The van der Waals surface area contributed by atoms with E-state index in [4.69, 9.17) is 28.2 Å². The van der Waals surface area contributed by atoms with Crippen LogP contribution in [0.4, 0.5) is 0 Å². The maximum atomic E-state index is 12.3. The SMILES string of the molecule is C=C[C@@H](OCc1ccc(OC)cc1)[C@@H](C)CO.C=C[C@@H](OCc1ccc(OC)cc1)[C@@H](C)COS(=O)(=O)c1ccc(Br)cc1. The van der Waals surface area contributed by atoms with Gasteiger partial charge in [0.25, 0.3) is 10.1 Å². The Kier molecular flexibility index (Phi) is 16.4. The molecule has 0 bridgehead atoms. The van der Waals surface area contributed by atoms with Crippen molar-refractivity contribution >= 4 is 26.0 Å². The molecule has 0 fully saturated rings. The van der Waals surface area contributed by atoms with Gasteiger partial charge in [-0.3, -0.25) is 4.18 Å². The molecule has 1 N–H and O–H groups in total. The molecular weight excluding hydrogens is 648 g/mol. The van der Waals surface area contributed by atoms with Gasteiger partial charge in [-0.15, -0.1) is 13.2 Å². The third-order valence-corrected chi connectivity index (χ3v) is 8.49. The highest BCUT2D eigenvalue weighted by Crippen LogP contribution is 2.20. The third-order valence-electron chi connectivity index (χ3n) is 6.67. The number of hydrogen-bond donors (Lipinski definition) is 1. The Morgan fingerprint density at radius 3 is 1.57 bits per heavy atom. The monoisotopic (exact) mass is 690 g/mol. The molecule has 8 nitrogen and oxygen atoms in total. The number of methoxy groups -OCH3 is 2. The van der Waals surface area contributed by atoms with E-state index in [0.717, 1.165) is 27.1 Å². The standard InChI is InChI=1S/C20H23BrO5S.C14H20O3/c1-4-20(25-14-16-5-9-18(24-3)10-6-16)15(2)13-26-27(22,23)19-11-7-17(21)8-12-19;1-4-14(11(2)9-15)17-10-12-5-7-13(16-3)8-6-12/h4-12,15,20H,1,13-14H2,2-3H3;4-8,11,14-15H,1,9-10H2,2-3H3/t15-,20+;11-,14+/m00/s1. The average molecular weight is 692 g/mol. The third kappa shape index (κ3) is 12.6. The normalized spacial score (nSPS) is 13.9. The molecule has 0 aliphatic heterocycles. The summed E-state index contributed by atoms with van der Waals surface area (Å²) in [5, 5.41) is 9.06. The summed E-state index contributed by atoms with van der Waals surface area (Å²) in [7, 11) is -0.558. The smallest absolute Gasteiger partial charge is 0.296 e. The lowest BCUT2D eigenvalue weighted by Crippen LogP contribution is -2.25. The summed E-state index contributed by atoms with van der Waals surface area (Å²) in [4.78, 5) is 0.118. The van der Waals surface area contributed by atoms with E-state index < -0.39 is 10.1 Å². The molecule has 0 spiro atoms. The van der Waals surface area contributed by atoms with Gasteiger partial charge in [0.05, 0.1) is 51.1 Å². The molecule has 0 aliphatic carbocycles. The first-order valence-electron chi connectivity index (χ1n) is 14.1. The van der Waals surface area contributed by atoms with Crippen LogP contribution in [0.3, 0.4) is 0 Å². The highest BCUT2D eigenvalue weighted by atomic mass is 79.9. The molecule has 0 aliphatic rings. The lowest BCUT2D eigenvalue weighted by atomic mass is 10.1. The van der Waals surface area contributed by atoms with Gasteiger partial charge in [-0.05, 0) is 59.7 Å². The molecule has 4 atom stereocenters. The van der Waals surface area contributed by atoms with Crippen molar-refractivity contribution in [2.75, 3.05) is 27.4 Å². The number of rotatable bonds is 17. The molecule has 3 aromatic carbocycles. The number of aliphatic hydroxyl groups excluding tert-OH is 1. The highest BCUT2D eigenvalue weighted by molar-refractivity contribution is 9.10. The molecule has 0 amide bonds. The first kappa shape index (κ1) is 37.2. The number of hydrogen-bond acceptors (Lipinski definition) is 8. The summed E-state index contributed by atoms with van der Waals surface area (Å²) in [6, 6.07) is 21.6. The first-order valence-corrected chi connectivity index (χ1v) is 16.3. The van der Waals surface area contributed by atoms with Gasteiger partial charge in [0, 0.05) is 22.9 Å². The first-order chi connectivity index (χ1) is 21.1. The van der Waals surface area contributed by atoms with E-state index in [-0.39, 0.29) is 42.2 Å². The Hall–Kier alpha value is -2.99. The fourth-order valence-electron chi connectivity index (χ4n) is 3.82. The zero-order chi connectivity index (χ0) is 32.5. The molecule has 3 rings (SSSR count). The summed E-state index contributed by atoms with van der Waals surface area (Å²) in [5.41, 5.74) is 2.06. The van der Waals surface area contributed by atoms with Crippen LogP contribution in [0.5, 0.6) is 11.5 Å². The minimum absolute atomic E-state index is 0.00229. The zero-order valence-electron chi connectivity index (χ0n) is 25.7. The second-order valence-corrected chi connectivity index (χ2v) is 12.6. The van der Waals surface area contributed by atoms with E-state index in [2.05, 4.69) is 29.1 Å². The molecule has 0 saturated carbocycles. The Morgan fingerprint density at radius 1 is 0.750 bits per heavy atom. The summed E-state index contributed by atoms with van der Waals surface area (Å²) in [5.74, 6) is 1.48. The van der Waals surface area contributed by atoms with Crippen molar-refractivity contribution in [3.05, 3.63) is 114 Å². The number of aliphatic hydroxyl groups is 1. The minimum atomic E-state index is -3.81. The fourth-order valence-corrected chi connectivity index (χ4v) is 5.09. The molecule has 0 saturated heterocycles. The van der Waals surface area contributed by atoms with Crippen molar-refractivity contribution in [1.29, 1.82) is 0 Å². The van der Waals surface area contributed by atoms with Gasteiger partial charge in [0.1, 0.15) is 11.5 Å². The highest BCUT2D eigenvalue weighted by Gasteiger charge is 2.21. The zero-order valence-corrected chi connectivity index (χ0v) is 28.1. The second kappa shape index (κ2) is 19.4. The Morgan fingerprint density at radius 2 is 1.18 bits per heavy atom. The van der Waals surface area contributed by atoms with Crippen molar-refractivity contribution < 1.29 is 36.7 Å². The van der Waals surface area contributed by atoms with Gasteiger partial charge in [0.15, 0.2) is 0 Å². The summed E-state index contributed by atoms with van der Waals surface area (Å²) in [6.45, 7) is 12.3. The number of halogens is 1. The van der Waals surface area contributed by atoms with E-state index in [1.807, 2.05) is 62.4 Å². The van der Waals surface area contributed by atoms with Gasteiger partial charge in [-0.2, -0.15) is 8.42 Å². The van der Waals surface area contributed by atoms with Crippen molar-refractivity contribution in [2.45, 2.75) is 44.2 Å². The molecule has 3 aromatic rings. The van der Waals surface area contributed by atoms with Crippen LogP contribution in [-0.4, -0.2) is 53.2 Å². The molecule has 0 radical (unpaired) electrons. The molecule has 0 unspecified atom stereocenters. The average Bonchev–Trinajstić information content (AvgIpc) is 3.05. The largest absolute Gasteiger partial charge is 0.497 e. The fraction of sp³-hybridized carbons (Fsp3) is 0.353. The molecule has 0 aromatic heterocycles. The van der Waals surface area contributed by atoms with E-state index in [1.165, 1.54) is 12.1 Å². The van der Waals surface area contributed by atoms with Crippen LogP contribution in [0.1, 0.15) is 25.0 Å². The van der Waals surface area contributed by atoms with E-state index in [1.54, 1.807) is 38.5 Å². The summed E-state index contributed by atoms with van der Waals surface area (Å²) >= 11 is 3.28.